The number of imidazole rings is 1. The van der Waals surface area contributed by atoms with Crippen molar-refractivity contribution in [3.63, 3.8) is 0 Å². The van der Waals surface area contributed by atoms with Crippen molar-refractivity contribution in [2.75, 3.05) is 50.9 Å². The summed E-state index contributed by atoms with van der Waals surface area (Å²) in [5.41, 5.74) is 2.32. The van der Waals surface area contributed by atoms with Gasteiger partial charge in [0, 0.05) is 38.0 Å². The number of amides is 1. The number of carbonyl (C=O) groups is 1. The van der Waals surface area contributed by atoms with Crippen LogP contribution in [-0.4, -0.2) is 83.5 Å². The topological polar surface area (TPSA) is 64.7 Å². The predicted molar refractivity (Wildman–Crippen MR) is 125 cm³/mol. The first-order chi connectivity index (χ1) is 14.0. The van der Waals surface area contributed by atoms with Crippen LogP contribution in [0.4, 0.5) is 10.5 Å². The van der Waals surface area contributed by atoms with Crippen LogP contribution in [-0.2, 0) is 4.74 Å². The summed E-state index contributed by atoms with van der Waals surface area (Å²) >= 11 is 8.31. The van der Waals surface area contributed by atoms with E-state index in [0.29, 0.717) is 37.2 Å². The third kappa shape index (κ3) is 5.74. The van der Waals surface area contributed by atoms with Crippen molar-refractivity contribution in [3.8, 4) is 0 Å². The number of nitrogens with one attached hydrogen (secondary N) is 1. The van der Waals surface area contributed by atoms with Gasteiger partial charge >= 0.3 is 6.09 Å². The van der Waals surface area contributed by atoms with Crippen LogP contribution >= 0.6 is 23.4 Å². The van der Waals surface area contributed by atoms with Crippen LogP contribution in [0.2, 0.25) is 5.02 Å². The molecule has 1 aliphatic rings. The molecule has 0 spiro atoms. The molecule has 1 fully saturated rings. The molecule has 1 unspecified atom stereocenters. The van der Waals surface area contributed by atoms with E-state index in [9.17, 15) is 4.79 Å². The highest BCUT2D eigenvalue weighted by Crippen LogP contribution is 2.32. The quantitative estimate of drug-likeness (QED) is 0.680. The minimum atomic E-state index is -0.484. The van der Waals surface area contributed by atoms with E-state index in [2.05, 4.69) is 35.8 Å². The highest BCUT2D eigenvalue weighted by Gasteiger charge is 2.27. The minimum Gasteiger partial charge on any atom is -0.444 e. The van der Waals surface area contributed by atoms with Gasteiger partial charge in [-0.05, 0) is 53.9 Å². The maximum Gasteiger partial charge on any atom is 0.410 e. The number of piperazine rings is 1. The lowest BCUT2D eigenvalue weighted by atomic mass is 10.2. The lowest BCUT2D eigenvalue weighted by molar-refractivity contribution is 0.0240. The number of aromatic amines is 1. The summed E-state index contributed by atoms with van der Waals surface area (Å²) in [5.74, 6) is 0.958. The van der Waals surface area contributed by atoms with Crippen LogP contribution in [0.5, 0.6) is 0 Å². The molecule has 0 aliphatic carbocycles. The average molecular weight is 454 g/mol. The average Bonchev–Trinajstić information content (AvgIpc) is 3.05. The fraction of sp³-hybridized carbons (Fsp3) is 0.619. The van der Waals surface area contributed by atoms with Crippen molar-refractivity contribution in [2.24, 2.45) is 0 Å². The van der Waals surface area contributed by atoms with Gasteiger partial charge in [-0.2, -0.15) is 0 Å². The summed E-state index contributed by atoms with van der Waals surface area (Å²) in [4.78, 5) is 26.6. The molecule has 2 aromatic rings. The van der Waals surface area contributed by atoms with Gasteiger partial charge in [-0.15, -0.1) is 0 Å². The summed E-state index contributed by atoms with van der Waals surface area (Å²) in [6.07, 6.45) is -0.260. The Kier molecular flexibility index (Phi) is 7.09. The normalized spacial score (nSPS) is 16.4. The Morgan fingerprint density at radius 3 is 2.57 bits per heavy atom. The first-order valence-corrected chi connectivity index (χ1v) is 11.6. The van der Waals surface area contributed by atoms with Crippen LogP contribution in [0.1, 0.15) is 27.7 Å². The van der Waals surface area contributed by atoms with Crippen LogP contribution in [0.15, 0.2) is 17.3 Å². The Morgan fingerprint density at radius 2 is 1.97 bits per heavy atom. The number of H-pyrrole nitrogens is 1. The van der Waals surface area contributed by atoms with Gasteiger partial charge in [0.1, 0.15) is 5.60 Å². The van der Waals surface area contributed by atoms with E-state index in [0.717, 1.165) is 27.6 Å². The molecule has 30 heavy (non-hydrogen) atoms. The van der Waals surface area contributed by atoms with Crippen molar-refractivity contribution in [1.82, 2.24) is 19.8 Å². The molecule has 9 heteroatoms. The summed E-state index contributed by atoms with van der Waals surface area (Å²) in [6.45, 7) is 10.5. The van der Waals surface area contributed by atoms with Crippen molar-refractivity contribution in [1.29, 1.82) is 0 Å². The molecule has 1 atom stereocenters. The van der Waals surface area contributed by atoms with Gasteiger partial charge in [0.2, 0.25) is 0 Å². The molecule has 0 radical (unpaired) electrons. The molecule has 3 rings (SSSR count). The number of anilines is 1. The zero-order valence-corrected chi connectivity index (χ0v) is 20.2. The molecule has 1 saturated heterocycles. The number of thioether (sulfide) groups is 1. The Balaban J connectivity index is 1.66. The summed E-state index contributed by atoms with van der Waals surface area (Å²) < 4.78 is 5.48. The highest BCUT2D eigenvalue weighted by atomic mass is 35.5. The summed E-state index contributed by atoms with van der Waals surface area (Å²) in [6, 6.07) is 4.44. The summed E-state index contributed by atoms with van der Waals surface area (Å²) in [7, 11) is 4.16. The fourth-order valence-electron chi connectivity index (χ4n) is 3.11. The van der Waals surface area contributed by atoms with Gasteiger partial charge in [-0.3, -0.25) is 0 Å². The maximum absolute atomic E-state index is 12.3. The molecule has 1 N–H and O–H groups in total. The number of fused-ring (bicyclic) bond motifs is 1. The molecule has 166 valence electrons. The molecule has 1 amide bonds. The zero-order chi connectivity index (χ0) is 22.1. The highest BCUT2D eigenvalue weighted by molar-refractivity contribution is 7.99. The number of nitrogens with zero attached hydrogens (tertiary/aromatic N) is 4. The molecule has 1 aromatic carbocycles. The molecule has 7 nitrogen and oxygen atoms in total. The van der Waals surface area contributed by atoms with E-state index >= 15 is 0 Å². The third-order valence-corrected chi connectivity index (χ3v) is 6.56. The standard InChI is InChI=1S/C21H32ClN5O2S/c1-14(25(5)6)13-30-19-23-16-11-15(22)18(12-17(16)24-19)26-7-9-27(10-8-26)20(28)29-21(2,3)4/h11-12,14H,7-10,13H2,1-6H3,(H,23,24). The van der Waals surface area contributed by atoms with Gasteiger partial charge in [-0.25, -0.2) is 9.78 Å². The number of halogens is 1. The Bertz CT molecular complexity index is 887. The zero-order valence-electron chi connectivity index (χ0n) is 18.7. The number of hydrogen-bond acceptors (Lipinski definition) is 6. The SMILES string of the molecule is CC(CSc1nc2cc(N3CCN(C(=O)OC(C)(C)C)CC3)c(Cl)cc2[nH]1)N(C)C. The second kappa shape index (κ2) is 9.24. The fourth-order valence-corrected chi connectivity index (χ4v) is 4.44. The number of ether oxygens (including phenoxy) is 1. The molecule has 0 bridgehead atoms. The van der Waals surface area contributed by atoms with Gasteiger partial charge in [0.15, 0.2) is 5.16 Å². The number of hydrogen-bond donors (Lipinski definition) is 1. The Labute approximate surface area is 188 Å². The van der Waals surface area contributed by atoms with E-state index in [1.165, 1.54) is 0 Å². The Morgan fingerprint density at radius 1 is 1.30 bits per heavy atom. The van der Waals surface area contributed by atoms with E-state index in [4.69, 9.17) is 21.3 Å². The minimum absolute atomic E-state index is 0.260. The largest absolute Gasteiger partial charge is 0.444 e. The monoisotopic (exact) mass is 453 g/mol. The molecular formula is C21H32ClN5O2S. The second-order valence-electron chi connectivity index (χ2n) is 8.94. The molecule has 0 saturated carbocycles. The smallest absolute Gasteiger partial charge is 0.410 e. The third-order valence-electron chi connectivity index (χ3n) is 5.14. The predicted octanol–water partition coefficient (Wildman–Crippen LogP) is 4.32. The lowest BCUT2D eigenvalue weighted by Gasteiger charge is -2.37. The van der Waals surface area contributed by atoms with E-state index in [-0.39, 0.29) is 6.09 Å². The van der Waals surface area contributed by atoms with Gasteiger partial charge < -0.3 is 24.4 Å². The van der Waals surface area contributed by atoms with Crippen molar-refractivity contribution >= 4 is 46.2 Å². The Hall–Kier alpha value is -1.64. The van der Waals surface area contributed by atoms with Crippen LogP contribution in [0, 0.1) is 0 Å². The second-order valence-corrected chi connectivity index (χ2v) is 10.4. The summed E-state index contributed by atoms with van der Waals surface area (Å²) in [5, 5.41) is 1.59. The van der Waals surface area contributed by atoms with Gasteiger partial charge in [-0.1, -0.05) is 23.4 Å². The maximum atomic E-state index is 12.3. The van der Waals surface area contributed by atoms with Gasteiger partial charge in [0.25, 0.3) is 0 Å². The van der Waals surface area contributed by atoms with E-state index in [1.807, 2.05) is 32.9 Å². The number of carbonyl (C=O) groups excluding carboxylic acids is 1. The first-order valence-electron chi connectivity index (χ1n) is 10.2. The molecule has 2 heterocycles. The first kappa shape index (κ1) is 23.0. The lowest BCUT2D eigenvalue weighted by Crippen LogP contribution is -2.50. The van der Waals surface area contributed by atoms with Crippen LogP contribution < -0.4 is 4.90 Å². The molecular weight excluding hydrogens is 422 g/mol. The van der Waals surface area contributed by atoms with Crippen molar-refractivity contribution < 1.29 is 9.53 Å². The van der Waals surface area contributed by atoms with Crippen LogP contribution in [0.3, 0.4) is 0 Å². The molecule has 1 aliphatic heterocycles. The van der Waals surface area contributed by atoms with E-state index in [1.54, 1.807) is 16.7 Å². The van der Waals surface area contributed by atoms with Crippen LogP contribution in [0.25, 0.3) is 11.0 Å². The number of rotatable bonds is 5. The molecule has 1 aromatic heterocycles. The van der Waals surface area contributed by atoms with E-state index < -0.39 is 5.60 Å². The van der Waals surface area contributed by atoms with Gasteiger partial charge in [0.05, 0.1) is 21.7 Å². The number of benzene rings is 1. The van der Waals surface area contributed by atoms with Crippen molar-refractivity contribution in [2.45, 2.75) is 44.5 Å². The van der Waals surface area contributed by atoms with Crippen molar-refractivity contribution in [3.05, 3.63) is 17.2 Å². The number of aromatic nitrogens is 2.